The lowest BCUT2D eigenvalue weighted by molar-refractivity contribution is 0.161. The summed E-state index contributed by atoms with van der Waals surface area (Å²) >= 11 is 5.79. The fraction of sp³-hybridized carbons (Fsp3) is 0.333. The SMILES string of the molecule is O=C1OCCN1P(=O)(Oc1ccc(Cl)cc1)N1CCOC1=O. The molecule has 1 aromatic carbocycles. The van der Waals surface area contributed by atoms with E-state index in [1.54, 1.807) is 12.1 Å². The van der Waals surface area contributed by atoms with Crippen molar-refractivity contribution in [3.05, 3.63) is 29.3 Å². The Morgan fingerprint density at radius 2 is 1.50 bits per heavy atom. The number of amides is 2. The Morgan fingerprint density at radius 1 is 1.00 bits per heavy atom. The molecular formula is C12H12ClN2O6P. The van der Waals surface area contributed by atoms with Crippen molar-refractivity contribution < 1.29 is 28.2 Å². The van der Waals surface area contributed by atoms with Gasteiger partial charge in [-0.2, -0.15) is 0 Å². The molecule has 2 amide bonds. The Hall–Kier alpha value is -1.92. The van der Waals surface area contributed by atoms with Gasteiger partial charge >= 0.3 is 19.9 Å². The van der Waals surface area contributed by atoms with Gasteiger partial charge < -0.3 is 14.0 Å². The molecule has 2 fully saturated rings. The summed E-state index contributed by atoms with van der Waals surface area (Å²) < 4.78 is 30.2. The van der Waals surface area contributed by atoms with E-state index in [-0.39, 0.29) is 32.1 Å². The average Bonchev–Trinajstić information content (AvgIpc) is 3.10. The van der Waals surface area contributed by atoms with Crippen LogP contribution in [0.2, 0.25) is 5.02 Å². The third-order valence-corrected chi connectivity index (χ3v) is 5.77. The number of hydrogen-bond acceptors (Lipinski definition) is 6. The highest BCUT2D eigenvalue weighted by molar-refractivity contribution is 7.55. The number of cyclic esters (lactones) is 2. The van der Waals surface area contributed by atoms with Crippen LogP contribution in [0.15, 0.2) is 24.3 Å². The lowest BCUT2D eigenvalue weighted by Gasteiger charge is -2.30. The fourth-order valence-corrected chi connectivity index (χ4v) is 4.27. The van der Waals surface area contributed by atoms with Crippen molar-refractivity contribution in [2.24, 2.45) is 0 Å². The molecule has 22 heavy (non-hydrogen) atoms. The number of halogens is 1. The molecule has 0 radical (unpaired) electrons. The number of rotatable bonds is 4. The predicted octanol–water partition coefficient (Wildman–Crippen LogP) is 2.73. The molecule has 118 valence electrons. The smallest absolute Gasteiger partial charge is 0.447 e. The van der Waals surface area contributed by atoms with Crippen molar-refractivity contribution in [2.45, 2.75) is 0 Å². The van der Waals surface area contributed by atoms with Gasteiger partial charge in [0.2, 0.25) is 0 Å². The average molecular weight is 347 g/mol. The minimum atomic E-state index is -3.99. The quantitative estimate of drug-likeness (QED) is 0.779. The first-order valence-corrected chi connectivity index (χ1v) is 8.36. The first-order chi connectivity index (χ1) is 10.5. The minimum absolute atomic E-state index is 0.0630. The van der Waals surface area contributed by atoms with Crippen molar-refractivity contribution in [2.75, 3.05) is 26.3 Å². The van der Waals surface area contributed by atoms with Gasteiger partial charge in [0, 0.05) is 5.02 Å². The maximum absolute atomic E-state index is 13.3. The molecule has 2 saturated heterocycles. The molecule has 1 aromatic rings. The number of hydrogen-bond donors (Lipinski definition) is 0. The van der Waals surface area contributed by atoms with E-state index in [0.29, 0.717) is 5.02 Å². The molecule has 2 aliphatic rings. The van der Waals surface area contributed by atoms with Gasteiger partial charge in [0.05, 0.1) is 13.1 Å². The summed E-state index contributed by atoms with van der Waals surface area (Å²) in [6.07, 6.45) is -1.59. The highest BCUT2D eigenvalue weighted by Crippen LogP contribution is 2.56. The Kier molecular flexibility index (Phi) is 3.88. The van der Waals surface area contributed by atoms with Crippen LogP contribution in [-0.2, 0) is 14.0 Å². The zero-order valence-electron chi connectivity index (χ0n) is 11.3. The van der Waals surface area contributed by atoms with Crippen LogP contribution in [-0.4, -0.2) is 47.8 Å². The van der Waals surface area contributed by atoms with Crippen LogP contribution in [0.4, 0.5) is 9.59 Å². The molecule has 0 aromatic heterocycles. The Bertz CT molecular complexity index is 622. The number of benzene rings is 1. The van der Waals surface area contributed by atoms with Gasteiger partial charge in [-0.3, -0.25) is 0 Å². The van der Waals surface area contributed by atoms with Crippen LogP contribution in [0, 0.1) is 0 Å². The molecule has 0 atom stereocenters. The Labute approximate surface area is 131 Å². The molecule has 2 heterocycles. The zero-order valence-corrected chi connectivity index (χ0v) is 13.0. The molecule has 0 saturated carbocycles. The molecule has 0 aliphatic carbocycles. The predicted molar refractivity (Wildman–Crippen MR) is 75.8 cm³/mol. The third kappa shape index (κ3) is 2.60. The third-order valence-electron chi connectivity index (χ3n) is 3.13. The van der Waals surface area contributed by atoms with Gasteiger partial charge in [-0.25, -0.2) is 23.5 Å². The summed E-state index contributed by atoms with van der Waals surface area (Å²) in [6.45, 7) is 0.284. The Morgan fingerprint density at radius 3 is 1.91 bits per heavy atom. The highest BCUT2D eigenvalue weighted by atomic mass is 35.5. The van der Waals surface area contributed by atoms with E-state index in [2.05, 4.69) is 0 Å². The summed E-state index contributed by atoms with van der Waals surface area (Å²) in [7, 11) is -3.99. The van der Waals surface area contributed by atoms with Crippen LogP contribution in [0.1, 0.15) is 0 Å². The zero-order chi connectivity index (χ0) is 15.7. The Balaban J connectivity index is 1.95. The number of ether oxygens (including phenoxy) is 2. The van der Waals surface area contributed by atoms with Crippen LogP contribution in [0.25, 0.3) is 0 Å². The second-order valence-corrected chi connectivity index (χ2v) is 7.08. The monoisotopic (exact) mass is 346 g/mol. The first kappa shape index (κ1) is 15.0. The second kappa shape index (κ2) is 5.70. The van der Waals surface area contributed by atoms with E-state index in [0.717, 1.165) is 9.34 Å². The largest absolute Gasteiger partial charge is 0.459 e. The van der Waals surface area contributed by atoms with Crippen LogP contribution < -0.4 is 4.52 Å². The standard InChI is InChI=1S/C12H12ClN2O6P/c13-9-1-3-10(4-2-9)21-22(18,14-5-7-19-11(14)16)15-6-8-20-12(15)17/h1-4H,5-8H2. The lowest BCUT2D eigenvalue weighted by atomic mass is 10.3. The van der Waals surface area contributed by atoms with Crippen molar-refractivity contribution >= 4 is 31.5 Å². The maximum atomic E-state index is 13.3. The lowest BCUT2D eigenvalue weighted by Crippen LogP contribution is -2.35. The van der Waals surface area contributed by atoms with E-state index < -0.39 is 19.9 Å². The summed E-state index contributed by atoms with van der Waals surface area (Å²) in [5, 5.41) is 0.475. The molecule has 2 aliphatic heterocycles. The van der Waals surface area contributed by atoms with Gasteiger partial charge in [0.15, 0.2) is 0 Å². The van der Waals surface area contributed by atoms with Gasteiger partial charge in [-0.1, -0.05) is 11.6 Å². The topological polar surface area (TPSA) is 85.4 Å². The van der Waals surface area contributed by atoms with Gasteiger partial charge in [0.1, 0.15) is 19.0 Å². The van der Waals surface area contributed by atoms with E-state index in [1.807, 2.05) is 0 Å². The van der Waals surface area contributed by atoms with Gasteiger partial charge in [-0.05, 0) is 24.3 Å². The normalized spacial score (nSPS) is 18.4. The van der Waals surface area contributed by atoms with E-state index in [9.17, 15) is 14.2 Å². The van der Waals surface area contributed by atoms with E-state index in [4.69, 9.17) is 25.6 Å². The number of carbonyl (C=O) groups excluding carboxylic acids is 2. The van der Waals surface area contributed by atoms with Crippen LogP contribution >= 0.6 is 19.3 Å². The van der Waals surface area contributed by atoms with E-state index in [1.165, 1.54) is 12.1 Å². The van der Waals surface area contributed by atoms with Crippen LogP contribution in [0.3, 0.4) is 0 Å². The molecule has 0 N–H and O–H groups in total. The highest BCUT2D eigenvalue weighted by Gasteiger charge is 2.51. The molecule has 8 nitrogen and oxygen atoms in total. The summed E-state index contributed by atoms with van der Waals surface area (Å²) in [5.41, 5.74) is 0. The second-order valence-electron chi connectivity index (χ2n) is 4.51. The molecule has 0 unspecified atom stereocenters. The molecule has 3 rings (SSSR count). The molecule has 0 bridgehead atoms. The molecular weight excluding hydrogens is 335 g/mol. The maximum Gasteiger partial charge on any atom is 0.459 e. The van der Waals surface area contributed by atoms with E-state index >= 15 is 0 Å². The number of nitrogens with zero attached hydrogens (tertiary/aromatic N) is 2. The number of carbonyl (C=O) groups is 2. The summed E-state index contributed by atoms with van der Waals surface area (Å²) in [4.78, 5) is 23.6. The first-order valence-electron chi connectivity index (χ1n) is 6.45. The van der Waals surface area contributed by atoms with Crippen LogP contribution in [0.5, 0.6) is 5.75 Å². The summed E-state index contributed by atoms with van der Waals surface area (Å²) in [6, 6.07) is 6.09. The summed E-state index contributed by atoms with van der Waals surface area (Å²) in [5.74, 6) is 0.215. The van der Waals surface area contributed by atoms with Crippen molar-refractivity contribution in [1.82, 2.24) is 9.34 Å². The van der Waals surface area contributed by atoms with Crippen molar-refractivity contribution in [3.63, 3.8) is 0 Å². The van der Waals surface area contributed by atoms with Crippen molar-refractivity contribution in [3.8, 4) is 5.75 Å². The molecule has 10 heteroatoms. The molecule has 0 spiro atoms. The van der Waals surface area contributed by atoms with Crippen molar-refractivity contribution in [1.29, 1.82) is 0 Å². The van der Waals surface area contributed by atoms with Gasteiger partial charge in [-0.15, -0.1) is 0 Å². The fourth-order valence-electron chi connectivity index (χ4n) is 2.09. The minimum Gasteiger partial charge on any atom is -0.447 e. The van der Waals surface area contributed by atoms with Gasteiger partial charge in [0.25, 0.3) is 0 Å².